The average molecular weight is 283 g/mol. The first-order chi connectivity index (χ1) is 10.4. The van der Waals surface area contributed by atoms with E-state index in [0.717, 1.165) is 29.2 Å². The predicted molar refractivity (Wildman–Crippen MR) is 87.1 cm³/mol. The SMILES string of the molecule is CCNC(CC1CCCCC1)c1cnc2ccccc2n1. The Hall–Kier alpha value is -1.48. The first-order valence-electron chi connectivity index (χ1n) is 8.32. The highest BCUT2D eigenvalue weighted by Gasteiger charge is 2.21. The molecule has 1 aromatic heterocycles. The molecule has 0 aliphatic heterocycles. The second-order valence-electron chi connectivity index (χ2n) is 6.13. The van der Waals surface area contributed by atoms with Crippen LogP contribution in [0.3, 0.4) is 0 Å². The molecule has 1 aromatic carbocycles. The molecular formula is C18H25N3. The fourth-order valence-electron chi connectivity index (χ4n) is 3.45. The lowest BCUT2D eigenvalue weighted by atomic mass is 9.84. The lowest BCUT2D eigenvalue weighted by Crippen LogP contribution is -2.25. The topological polar surface area (TPSA) is 37.8 Å². The maximum atomic E-state index is 4.83. The van der Waals surface area contributed by atoms with Gasteiger partial charge in [0.2, 0.25) is 0 Å². The average Bonchev–Trinajstić information content (AvgIpc) is 2.55. The molecule has 0 amide bonds. The summed E-state index contributed by atoms with van der Waals surface area (Å²) in [5.41, 5.74) is 3.08. The van der Waals surface area contributed by atoms with Crippen molar-refractivity contribution in [2.75, 3.05) is 6.54 Å². The van der Waals surface area contributed by atoms with Crippen LogP contribution in [0.4, 0.5) is 0 Å². The molecule has 1 saturated carbocycles. The third kappa shape index (κ3) is 3.59. The Bertz CT molecular complexity index is 575. The van der Waals surface area contributed by atoms with E-state index in [2.05, 4.69) is 23.3 Å². The third-order valence-electron chi connectivity index (χ3n) is 4.57. The van der Waals surface area contributed by atoms with Crippen LogP contribution in [0.2, 0.25) is 0 Å². The highest BCUT2D eigenvalue weighted by molar-refractivity contribution is 5.73. The summed E-state index contributed by atoms with van der Waals surface area (Å²) in [6, 6.07) is 8.46. The third-order valence-corrected chi connectivity index (χ3v) is 4.57. The lowest BCUT2D eigenvalue weighted by Gasteiger charge is -2.26. The normalized spacial score (nSPS) is 18.0. The van der Waals surface area contributed by atoms with Crippen molar-refractivity contribution >= 4 is 11.0 Å². The molecule has 21 heavy (non-hydrogen) atoms. The molecule has 1 heterocycles. The van der Waals surface area contributed by atoms with Gasteiger partial charge in [-0.1, -0.05) is 51.2 Å². The summed E-state index contributed by atoms with van der Waals surface area (Å²) in [5, 5.41) is 3.61. The van der Waals surface area contributed by atoms with Crippen LogP contribution in [-0.4, -0.2) is 16.5 Å². The van der Waals surface area contributed by atoms with E-state index in [9.17, 15) is 0 Å². The Labute approximate surface area is 127 Å². The molecule has 0 bridgehead atoms. The quantitative estimate of drug-likeness (QED) is 0.891. The Balaban J connectivity index is 1.80. The molecule has 2 aromatic rings. The minimum absolute atomic E-state index is 0.343. The van der Waals surface area contributed by atoms with Crippen LogP contribution in [0.1, 0.15) is 57.2 Å². The number of nitrogens with one attached hydrogen (secondary N) is 1. The van der Waals surface area contributed by atoms with Crippen molar-refractivity contribution in [2.24, 2.45) is 5.92 Å². The Morgan fingerprint density at radius 3 is 2.67 bits per heavy atom. The number of fused-ring (bicyclic) bond motifs is 1. The number of aromatic nitrogens is 2. The minimum Gasteiger partial charge on any atom is -0.309 e. The van der Waals surface area contributed by atoms with Crippen LogP contribution in [0.25, 0.3) is 11.0 Å². The largest absolute Gasteiger partial charge is 0.309 e. The van der Waals surface area contributed by atoms with Crippen molar-refractivity contribution in [3.8, 4) is 0 Å². The van der Waals surface area contributed by atoms with Crippen molar-refractivity contribution in [3.63, 3.8) is 0 Å². The van der Waals surface area contributed by atoms with Crippen molar-refractivity contribution < 1.29 is 0 Å². The molecule has 0 saturated heterocycles. The van der Waals surface area contributed by atoms with Gasteiger partial charge in [0.15, 0.2) is 0 Å². The van der Waals surface area contributed by atoms with E-state index in [0.29, 0.717) is 6.04 Å². The molecule has 1 fully saturated rings. The summed E-state index contributed by atoms with van der Waals surface area (Å²) in [7, 11) is 0. The van der Waals surface area contributed by atoms with E-state index < -0.39 is 0 Å². The fourth-order valence-corrected chi connectivity index (χ4v) is 3.45. The Morgan fingerprint density at radius 1 is 1.14 bits per heavy atom. The van der Waals surface area contributed by atoms with Gasteiger partial charge in [-0.15, -0.1) is 0 Å². The second kappa shape index (κ2) is 6.99. The predicted octanol–water partition coefficient (Wildman–Crippen LogP) is 4.25. The van der Waals surface area contributed by atoms with Gasteiger partial charge in [0.1, 0.15) is 0 Å². The summed E-state index contributed by atoms with van der Waals surface area (Å²) < 4.78 is 0. The lowest BCUT2D eigenvalue weighted by molar-refractivity contribution is 0.299. The fraction of sp³-hybridized carbons (Fsp3) is 0.556. The highest BCUT2D eigenvalue weighted by Crippen LogP contribution is 2.31. The second-order valence-corrected chi connectivity index (χ2v) is 6.13. The maximum Gasteiger partial charge on any atom is 0.0890 e. The van der Waals surface area contributed by atoms with E-state index in [1.807, 2.05) is 24.4 Å². The molecule has 1 unspecified atom stereocenters. The summed E-state index contributed by atoms with van der Waals surface area (Å²) in [6.45, 7) is 3.15. The molecule has 0 spiro atoms. The molecule has 3 heteroatoms. The highest BCUT2D eigenvalue weighted by atomic mass is 14.9. The standard InChI is InChI=1S/C18H25N3/c1-2-19-17(12-14-8-4-3-5-9-14)18-13-20-15-10-6-7-11-16(15)21-18/h6-7,10-11,13-14,17,19H,2-5,8-9,12H2,1H3. The molecule has 112 valence electrons. The number of benzene rings is 1. The molecule has 3 rings (SSSR count). The molecule has 1 aliphatic carbocycles. The Kier molecular flexibility index (Phi) is 4.81. The van der Waals surface area contributed by atoms with Crippen LogP contribution in [-0.2, 0) is 0 Å². The molecule has 3 nitrogen and oxygen atoms in total. The van der Waals surface area contributed by atoms with E-state index in [1.165, 1.54) is 38.5 Å². The van der Waals surface area contributed by atoms with Gasteiger partial charge in [0, 0.05) is 0 Å². The Morgan fingerprint density at radius 2 is 1.90 bits per heavy atom. The molecular weight excluding hydrogens is 258 g/mol. The van der Waals surface area contributed by atoms with E-state index >= 15 is 0 Å². The summed E-state index contributed by atoms with van der Waals surface area (Å²) in [6.07, 6.45) is 10.1. The first kappa shape index (κ1) is 14.5. The number of hydrogen-bond acceptors (Lipinski definition) is 3. The molecule has 1 aliphatic rings. The van der Waals surface area contributed by atoms with Gasteiger partial charge >= 0.3 is 0 Å². The van der Waals surface area contributed by atoms with E-state index in [-0.39, 0.29) is 0 Å². The maximum absolute atomic E-state index is 4.83. The van der Waals surface area contributed by atoms with Gasteiger partial charge in [-0.2, -0.15) is 0 Å². The number of nitrogens with zero attached hydrogens (tertiary/aromatic N) is 2. The molecule has 1 N–H and O–H groups in total. The van der Waals surface area contributed by atoms with Crippen LogP contribution in [0, 0.1) is 5.92 Å². The van der Waals surface area contributed by atoms with Gasteiger partial charge in [-0.3, -0.25) is 4.98 Å². The van der Waals surface area contributed by atoms with Crippen LogP contribution in [0.5, 0.6) is 0 Å². The monoisotopic (exact) mass is 283 g/mol. The van der Waals surface area contributed by atoms with E-state index in [1.54, 1.807) is 0 Å². The number of rotatable bonds is 5. The van der Waals surface area contributed by atoms with Crippen molar-refractivity contribution in [2.45, 2.75) is 51.5 Å². The van der Waals surface area contributed by atoms with Crippen molar-refractivity contribution in [1.29, 1.82) is 0 Å². The van der Waals surface area contributed by atoms with Gasteiger partial charge in [-0.25, -0.2) is 4.98 Å². The van der Waals surface area contributed by atoms with Crippen molar-refractivity contribution in [3.05, 3.63) is 36.2 Å². The van der Waals surface area contributed by atoms with Crippen molar-refractivity contribution in [1.82, 2.24) is 15.3 Å². The van der Waals surface area contributed by atoms with Crippen LogP contribution < -0.4 is 5.32 Å². The van der Waals surface area contributed by atoms with Gasteiger partial charge in [0.25, 0.3) is 0 Å². The zero-order chi connectivity index (χ0) is 14.5. The van der Waals surface area contributed by atoms with E-state index in [4.69, 9.17) is 4.98 Å². The summed E-state index contributed by atoms with van der Waals surface area (Å²) in [5.74, 6) is 0.844. The smallest absolute Gasteiger partial charge is 0.0890 e. The van der Waals surface area contributed by atoms with Crippen LogP contribution >= 0.6 is 0 Å². The summed E-state index contributed by atoms with van der Waals surface area (Å²) in [4.78, 5) is 9.41. The first-order valence-corrected chi connectivity index (χ1v) is 8.32. The molecule has 0 radical (unpaired) electrons. The molecule has 1 atom stereocenters. The number of hydrogen-bond donors (Lipinski definition) is 1. The van der Waals surface area contributed by atoms with Crippen LogP contribution in [0.15, 0.2) is 30.5 Å². The van der Waals surface area contributed by atoms with Gasteiger partial charge in [0.05, 0.1) is 29.0 Å². The zero-order valence-electron chi connectivity index (χ0n) is 12.9. The summed E-state index contributed by atoms with van der Waals surface area (Å²) >= 11 is 0. The minimum atomic E-state index is 0.343. The number of para-hydroxylation sites is 2. The van der Waals surface area contributed by atoms with Gasteiger partial charge in [-0.05, 0) is 31.0 Å². The zero-order valence-corrected chi connectivity index (χ0v) is 12.9. The van der Waals surface area contributed by atoms with Gasteiger partial charge < -0.3 is 5.32 Å².